The van der Waals surface area contributed by atoms with Crippen molar-refractivity contribution in [2.24, 2.45) is 5.92 Å². The van der Waals surface area contributed by atoms with E-state index in [4.69, 9.17) is 0 Å². The van der Waals surface area contributed by atoms with Gasteiger partial charge in [0.15, 0.2) is 0 Å². The summed E-state index contributed by atoms with van der Waals surface area (Å²) >= 11 is 0. The number of rotatable bonds is 2. The Balaban J connectivity index is 2.20. The van der Waals surface area contributed by atoms with Gasteiger partial charge >= 0.3 is 6.36 Å². The minimum Gasteiger partial charge on any atom is -0.406 e. The van der Waals surface area contributed by atoms with Gasteiger partial charge in [-0.15, -0.1) is 13.2 Å². The van der Waals surface area contributed by atoms with Gasteiger partial charge in [-0.1, -0.05) is 19.1 Å². The van der Waals surface area contributed by atoms with Gasteiger partial charge in [-0.2, -0.15) is 0 Å². The second kappa shape index (κ2) is 5.23. The van der Waals surface area contributed by atoms with Crippen LogP contribution in [0.2, 0.25) is 0 Å². The number of Topliss-reactive ketones (excluding diaryl/α,β-unsaturated/α-hetero) is 1. The van der Waals surface area contributed by atoms with E-state index in [0.29, 0.717) is 24.3 Å². The molecule has 2 rings (SSSR count). The Hall–Kier alpha value is -1.52. The van der Waals surface area contributed by atoms with E-state index in [1.807, 2.05) is 0 Å². The first-order valence-corrected chi connectivity index (χ1v) is 6.23. The first-order chi connectivity index (χ1) is 8.85. The normalized spacial score (nSPS) is 24.3. The van der Waals surface area contributed by atoms with E-state index >= 15 is 0 Å². The molecule has 1 aliphatic carbocycles. The topological polar surface area (TPSA) is 26.3 Å². The number of carbonyl (C=O) groups excluding carboxylic acids is 1. The van der Waals surface area contributed by atoms with Crippen molar-refractivity contribution in [2.75, 3.05) is 0 Å². The summed E-state index contributed by atoms with van der Waals surface area (Å²) in [5.74, 6) is -0.0614. The molecule has 0 heterocycles. The van der Waals surface area contributed by atoms with E-state index in [1.165, 1.54) is 18.2 Å². The van der Waals surface area contributed by atoms with Crippen LogP contribution in [0.15, 0.2) is 24.3 Å². The molecule has 0 aliphatic heterocycles. The van der Waals surface area contributed by atoms with Crippen LogP contribution in [0.1, 0.15) is 37.7 Å². The average molecular weight is 272 g/mol. The van der Waals surface area contributed by atoms with Crippen LogP contribution in [0.3, 0.4) is 0 Å². The molecule has 0 spiro atoms. The minimum absolute atomic E-state index is 0.0993. The van der Waals surface area contributed by atoms with Crippen LogP contribution in [0.5, 0.6) is 5.75 Å². The van der Waals surface area contributed by atoms with Gasteiger partial charge in [-0.3, -0.25) is 4.79 Å². The summed E-state index contributed by atoms with van der Waals surface area (Å²) in [4.78, 5) is 11.9. The number of hydrogen-bond acceptors (Lipinski definition) is 2. The summed E-state index contributed by atoms with van der Waals surface area (Å²) in [7, 11) is 0. The highest BCUT2D eigenvalue weighted by atomic mass is 19.4. The minimum atomic E-state index is -4.71. The van der Waals surface area contributed by atoms with E-state index in [9.17, 15) is 18.0 Å². The van der Waals surface area contributed by atoms with Crippen molar-refractivity contribution in [1.29, 1.82) is 0 Å². The Morgan fingerprint density at radius 3 is 2.74 bits per heavy atom. The van der Waals surface area contributed by atoms with Crippen LogP contribution in [-0.2, 0) is 4.79 Å². The highest BCUT2D eigenvalue weighted by Gasteiger charge is 2.32. The summed E-state index contributed by atoms with van der Waals surface area (Å²) in [6.07, 6.45) is -2.67. The molecule has 2 atom stereocenters. The SMILES string of the molecule is CC1CCC(=O)C(c2cccc(OC(F)(F)F)c2)C1. The van der Waals surface area contributed by atoms with Gasteiger partial charge in [0, 0.05) is 12.3 Å². The zero-order valence-corrected chi connectivity index (χ0v) is 10.5. The number of ether oxygens (including phenoxy) is 1. The lowest BCUT2D eigenvalue weighted by Gasteiger charge is -2.26. The molecule has 5 heteroatoms. The molecule has 1 aliphatic rings. The molecule has 1 aromatic rings. The van der Waals surface area contributed by atoms with Gasteiger partial charge in [-0.05, 0) is 36.5 Å². The summed E-state index contributed by atoms with van der Waals surface area (Å²) in [5, 5.41) is 0. The predicted octanol–water partition coefficient (Wildman–Crippen LogP) is 4.06. The van der Waals surface area contributed by atoms with Gasteiger partial charge < -0.3 is 4.74 Å². The molecule has 0 N–H and O–H groups in total. The molecule has 1 aromatic carbocycles. The summed E-state index contributed by atoms with van der Waals surface area (Å²) in [6.45, 7) is 2.05. The van der Waals surface area contributed by atoms with E-state index in [1.54, 1.807) is 6.07 Å². The number of hydrogen-bond donors (Lipinski definition) is 0. The first kappa shape index (κ1) is 13.9. The van der Waals surface area contributed by atoms with E-state index in [0.717, 1.165) is 6.42 Å². The van der Waals surface area contributed by atoms with Gasteiger partial charge in [0.2, 0.25) is 0 Å². The average Bonchev–Trinajstić information content (AvgIpc) is 2.30. The number of ketones is 1. The third-order valence-electron chi connectivity index (χ3n) is 3.40. The molecule has 0 saturated heterocycles. The van der Waals surface area contributed by atoms with E-state index in [2.05, 4.69) is 11.7 Å². The molecule has 1 fully saturated rings. The molecule has 0 amide bonds. The van der Waals surface area contributed by atoms with Crippen LogP contribution >= 0.6 is 0 Å². The van der Waals surface area contributed by atoms with Crippen LogP contribution in [0, 0.1) is 5.92 Å². The number of alkyl halides is 3. The van der Waals surface area contributed by atoms with Crippen molar-refractivity contribution in [2.45, 2.75) is 38.5 Å². The van der Waals surface area contributed by atoms with E-state index in [-0.39, 0.29) is 17.5 Å². The fraction of sp³-hybridized carbons (Fsp3) is 0.500. The van der Waals surface area contributed by atoms with Crippen molar-refractivity contribution < 1.29 is 22.7 Å². The molecule has 0 radical (unpaired) electrons. The smallest absolute Gasteiger partial charge is 0.406 e. The zero-order chi connectivity index (χ0) is 14.0. The van der Waals surface area contributed by atoms with Crippen molar-refractivity contribution in [3.63, 3.8) is 0 Å². The Morgan fingerprint density at radius 1 is 1.32 bits per heavy atom. The van der Waals surface area contributed by atoms with Gasteiger partial charge in [0.1, 0.15) is 11.5 Å². The third-order valence-corrected chi connectivity index (χ3v) is 3.40. The number of benzene rings is 1. The number of halogens is 3. The van der Waals surface area contributed by atoms with Crippen LogP contribution < -0.4 is 4.74 Å². The third kappa shape index (κ3) is 3.72. The fourth-order valence-corrected chi connectivity index (χ4v) is 2.46. The molecule has 0 bridgehead atoms. The quantitative estimate of drug-likeness (QED) is 0.811. The lowest BCUT2D eigenvalue weighted by Crippen LogP contribution is -2.22. The summed E-state index contributed by atoms with van der Waals surface area (Å²) in [6, 6.07) is 5.73. The van der Waals surface area contributed by atoms with Gasteiger partial charge in [-0.25, -0.2) is 0 Å². The lowest BCUT2D eigenvalue weighted by molar-refractivity contribution is -0.274. The zero-order valence-electron chi connectivity index (χ0n) is 10.5. The van der Waals surface area contributed by atoms with Crippen LogP contribution in [0.25, 0.3) is 0 Å². The second-order valence-electron chi connectivity index (χ2n) is 5.02. The van der Waals surface area contributed by atoms with Crippen molar-refractivity contribution >= 4 is 5.78 Å². The van der Waals surface area contributed by atoms with Crippen LogP contribution in [-0.4, -0.2) is 12.1 Å². The van der Waals surface area contributed by atoms with Crippen LogP contribution in [0.4, 0.5) is 13.2 Å². The van der Waals surface area contributed by atoms with Gasteiger partial charge in [0.05, 0.1) is 0 Å². The highest BCUT2D eigenvalue weighted by Crippen LogP contribution is 2.35. The standard InChI is InChI=1S/C14H15F3O2/c1-9-5-6-13(18)12(7-9)10-3-2-4-11(8-10)19-14(15,16)17/h2-4,8-9,12H,5-7H2,1H3. The number of carbonyl (C=O) groups is 1. The first-order valence-electron chi connectivity index (χ1n) is 6.23. The second-order valence-corrected chi connectivity index (χ2v) is 5.02. The summed E-state index contributed by atoms with van der Waals surface area (Å²) < 4.78 is 40.4. The monoisotopic (exact) mass is 272 g/mol. The van der Waals surface area contributed by atoms with Gasteiger partial charge in [0.25, 0.3) is 0 Å². The van der Waals surface area contributed by atoms with Crippen molar-refractivity contribution in [1.82, 2.24) is 0 Å². The molecule has 2 unspecified atom stereocenters. The highest BCUT2D eigenvalue weighted by molar-refractivity contribution is 5.86. The maximum absolute atomic E-state index is 12.2. The Bertz CT molecular complexity index is 468. The lowest BCUT2D eigenvalue weighted by atomic mass is 9.78. The van der Waals surface area contributed by atoms with Crippen molar-refractivity contribution in [3.8, 4) is 5.75 Å². The molecule has 1 saturated carbocycles. The Kier molecular flexibility index (Phi) is 3.83. The molecule has 0 aromatic heterocycles. The predicted molar refractivity (Wildman–Crippen MR) is 63.9 cm³/mol. The molecule has 19 heavy (non-hydrogen) atoms. The molecule has 104 valence electrons. The maximum Gasteiger partial charge on any atom is 0.573 e. The molecular formula is C14H15F3O2. The molecular weight excluding hydrogens is 257 g/mol. The maximum atomic E-state index is 12.2. The largest absolute Gasteiger partial charge is 0.573 e. The van der Waals surface area contributed by atoms with E-state index < -0.39 is 6.36 Å². The Labute approximate surface area is 109 Å². The summed E-state index contributed by atoms with van der Waals surface area (Å²) in [5.41, 5.74) is 0.610. The van der Waals surface area contributed by atoms with Crippen molar-refractivity contribution in [3.05, 3.63) is 29.8 Å². The molecule has 2 nitrogen and oxygen atoms in total. The fourth-order valence-electron chi connectivity index (χ4n) is 2.46. The Morgan fingerprint density at radius 2 is 2.05 bits per heavy atom.